The van der Waals surface area contributed by atoms with E-state index in [9.17, 15) is 19.1 Å². The van der Waals surface area contributed by atoms with E-state index in [0.717, 1.165) is 16.5 Å². The van der Waals surface area contributed by atoms with Crippen LogP contribution in [-0.4, -0.2) is 20.6 Å². The van der Waals surface area contributed by atoms with E-state index in [0.29, 0.717) is 23.4 Å². The summed E-state index contributed by atoms with van der Waals surface area (Å²) in [4.78, 5) is 30.0. The number of cyclic esters (lactones) is 1. The van der Waals surface area contributed by atoms with Crippen LogP contribution in [0.3, 0.4) is 0 Å². The van der Waals surface area contributed by atoms with Gasteiger partial charge in [-0.05, 0) is 31.0 Å². The number of aryl methyl sites for hydroxylation is 1. The number of hydrogen-bond donors (Lipinski definition) is 2. The van der Waals surface area contributed by atoms with Crippen LogP contribution >= 0.6 is 0 Å². The van der Waals surface area contributed by atoms with Crippen LogP contribution in [0.5, 0.6) is 0 Å². The van der Waals surface area contributed by atoms with Crippen LogP contribution in [0.1, 0.15) is 35.6 Å². The van der Waals surface area contributed by atoms with Crippen molar-refractivity contribution in [1.29, 1.82) is 0 Å². The van der Waals surface area contributed by atoms with Crippen LogP contribution < -0.4 is 11.3 Å². The van der Waals surface area contributed by atoms with Crippen LogP contribution in [0.4, 0.5) is 10.1 Å². The van der Waals surface area contributed by atoms with Crippen molar-refractivity contribution < 1.29 is 19.0 Å². The normalized spacial score (nSPS) is 19.7. The number of halogens is 1. The summed E-state index contributed by atoms with van der Waals surface area (Å²) >= 11 is 0. The molecule has 1 aromatic carbocycles. The largest absolute Gasteiger partial charge is 0.458 e. The van der Waals surface area contributed by atoms with Gasteiger partial charge in [-0.15, -0.1) is 0 Å². The molecule has 8 heteroatoms. The van der Waals surface area contributed by atoms with Gasteiger partial charge >= 0.3 is 5.97 Å². The fourth-order valence-electron chi connectivity index (χ4n) is 4.32. The van der Waals surface area contributed by atoms with E-state index >= 15 is 0 Å². The van der Waals surface area contributed by atoms with E-state index in [1.54, 1.807) is 23.6 Å². The summed E-state index contributed by atoms with van der Waals surface area (Å²) in [5, 5.41) is 11.6. The Labute approximate surface area is 164 Å². The fraction of sp³-hybridized carbons (Fsp3) is 0.286. The van der Waals surface area contributed by atoms with Gasteiger partial charge in [0.25, 0.3) is 5.56 Å². The molecule has 5 rings (SSSR count). The van der Waals surface area contributed by atoms with Gasteiger partial charge in [0.15, 0.2) is 5.60 Å². The van der Waals surface area contributed by atoms with Crippen LogP contribution in [0.15, 0.2) is 23.0 Å². The third kappa shape index (κ3) is 2.17. The highest BCUT2D eigenvalue weighted by Crippen LogP contribution is 2.40. The van der Waals surface area contributed by atoms with E-state index in [2.05, 4.69) is 4.98 Å². The van der Waals surface area contributed by atoms with Crippen LogP contribution in [0.25, 0.3) is 22.3 Å². The van der Waals surface area contributed by atoms with Crippen molar-refractivity contribution >= 4 is 22.6 Å². The molecular weight excluding hydrogens is 377 g/mol. The highest BCUT2D eigenvalue weighted by atomic mass is 19.1. The minimum absolute atomic E-state index is 0.0363. The van der Waals surface area contributed by atoms with Gasteiger partial charge in [-0.2, -0.15) is 0 Å². The summed E-state index contributed by atoms with van der Waals surface area (Å²) in [6.07, 6.45) is 0.0727. The third-order valence-corrected chi connectivity index (χ3v) is 6.09. The molecule has 3 aromatic rings. The maximum atomic E-state index is 14.0. The number of carbonyl (C=O) groups excluding carboxylic acids is 1. The number of anilines is 1. The highest BCUT2D eigenvalue weighted by Gasteiger charge is 2.45. The van der Waals surface area contributed by atoms with Crippen molar-refractivity contribution in [3.8, 4) is 11.4 Å². The summed E-state index contributed by atoms with van der Waals surface area (Å²) in [6, 6.07) is 4.46. The molecule has 0 aliphatic carbocycles. The van der Waals surface area contributed by atoms with E-state index in [1.807, 2.05) is 6.92 Å². The van der Waals surface area contributed by atoms with Crippen molar-refractivity contribution in [2.45, 2.75) is 39.0 Å². The average molecular weight is 395 g/mol. The highest BCUT2D eigenvalue weighted by molar-refractivity contribution is 5.90. The number of ether oxygens (including phenoxy) is 1. The number of pyridine rings is 2. The third-order valence-electron chi connectivity index (χ3n) is 6.09. The summed E-state index contributed by atoms with van der Waals surface area (Å²) in [5.74, 6) is -1.33. The molecule has 0 fully saturated rings. The number of aliphatic hydroxyl groups is 1. The first-order valence-electron chi connectivity index (χ1n) is 9.31. The van der Waals surface area contributed by atoms with Crippen LogP contribution in [0, 0.1) is 12.7 Å². The standard InChI is InChI=1S/C21H18FN3O4/c1-3-21(28)13-5-17-18-11(7-25(17)19(26)12(13)8-29-20(21)27)9(2)10-4-15(23)14(22)6-16(10)24-18/h4-6,28H,3,7-8,23H2,1-2H3/t21-/m0/s1. The van der Waals surface area contributed by atoms with Gasteiger partial charge in [-0.1, -0.05) is 6.92 Å². The second-order valence-corrected chi connectivity index (χ2v) is 7.56. The molecule has 0 saturated heterocycles. The number of fused-ring (bicyclic) bond motifs is 5. The lowest BCUT2D eigenvalue weighted by Gasteiger charge is -2.31. The number of nitrogen functional groups attached to an aromatic ring is 1. The first-order valence-corrected chi connectivity index (χ1v) is 9.31. The molecule has 0 bridgehead atoms. The second kappa shape index (κ2) is 5.64. The topological polar surface area (TPSA) is 107 Å². The van der Waals surface area contributed by atoms with E-state index in [-0.39, 0.29) is 35.4 Å². The summed E-state index contributed by atoms with van der Waals surface area (Å²) in [5.41, 5.74) is 7.21. The maximum absolute atomic E-state index is 14.0. The molecule has 0 amide bonds. The van der Waals surface area contributed by atoms with Crippen molar-refractivity contribution in [3.05, 3.63) is 56.6 Å². The summed E-state index contributed by atoms with van der Waals surface area (Å²) < 4.78 is 20.6. The Morgan fingerprint density at radius 3 is 2.79 bits per heavy atom. The lowest BCUT2D eigenvalue weighted by Crippen LogP contribution is -2.44. The molecule has 2 aromatic heterocycles. The van der Waals surface area contributed by atoms with E-state index in [1.165, 1.54) is 6.07 Å². The Morgan fingerprint density at radius 2 is 2.07 bits per heavy atom. The number of nitrogens with two attached hydrogens (primary N) is 1. The number of esters is 1. The van der Waals surface area contributed by atoms with E-state index < -0.39 is 17.4 Å². The molecule has 1 atom stereocenters. The van der Waals surface area contributed by atoms with Crippen LogP contribution in [0.2, 0.25) is 0 Å². The van der Waals surface area contributed by atoms with Crippen LogP contribution in [-0.2, 0) is 28.3 Å². The van der Waals surface area contributed by atoms with Crippen molar-refractivity contribution in [1.82, 2.24) is 9.55 Å². The molecule has 0 saturated carbocycles. The summed E-state index contributed by atoms with van der Waals surface area (Å²) in [6.45, 7) is 3.65. The first-order chi connectivity index (χ1) is 13.8. The average Bonchev–Trinajstić information content (AvgIpc) is 3.06. The molecule has 3 N–H and O–H groups in total. The van der Waals surface area contributed by atoms with Gasteiger partial charge in [0.05, 0.1) is 34.7 Å². The van der Waals surface area contributed by atoms with Crippen molar-refractivity contribution in [2.75, 3.05) is 5.73 Å². The maximum Gasteiger partial charge on any atom is 0.343 e. The van der Waals surface area contributed by atoms with Gasteiger partial charge < -0.3 is 20.1 Å². The van der Waals surface area contributed by atoms with Gasteiger partial charge in [0, 0.05) is 22.6 Å². The monoisotopic (exact) mass is 395 g/mol. The Kier molecular flexibility index (Phi) is 3.46. The molecule has 0 spiro atoms. The Hall–Kier alpha value is -3.26. The van der Waals surface area contributed by atoms with Crippen molar-refractivity contribution in [3.63, 3.8) is 0 Å². The Morgan fingerprint density at radius 1 is 1.31 bits per heavy atom. The molecule has 0 radical (unpaired) electrons. The predicted molar refractivity (Wildman–Crippen MR) is 104 cm³/mol. The number of aromatic nitrogens is 2. The molecule has 7 nitrogen and oxygen atoms in total. The molecule has 29 heavy (non-hydrogen) atoms. The second-order valence-electron chi connectivity index (χ2n) is 7.56. The van der Waals surface area contributed by atoms with E-state index in [4.69, 9.17) is 10.5 Å². The number of rotatable bonds is 1. The summed E-state index contributed by atoms with van der Waals surface area (Å²) in [7, 11) is 0. The van der Waals surface area contributed by atoms with Gasteiger partial charge in [-0.3, -0.25) is 4.79 Å². The zero-order valence-electron chi connectivity index (χ0n) is 15.9. The number of carbonyl (C=O) groups is 1. The van der Waals surface area contributed by atoms with Crippen molar-refractivity contribution in [2.24, 2.45) is 0 Å². The SMILES string of the molecule is CC[C@@]1(O)C(=O)OCc2c1cc1n(c2=O)Cc2c-1nc1cc(F)c(N)cc1c2C. The van der Waals surface area contributed by atoms with Gasteiger partial charge in [0.2, 0.25) is 0 Å². The van der Waals surface area contributed by atoms with Gasteiger partial charge in [-0.25, -0.2) is 14.2 Å². The quantitative estimate of drug-likeness (QED) is 0.378. The Bertz CT molecular complexity index is 1310. The zero-order chi connectivity index (χ0) is 20.7. The first kappa shape index (κ1) is 17.8. The smallest absolute Gasteiger partial charge is 0.343 e. The Balaban J connectivity index is 1.83. The minimum atomic E-state index is -1.88. The number of benzene rings is 1. The minimum Gasteiger partial charge on any atom is -0.458 e. The lowest BCUT2D eigenvalue weighted by molar-refractivity contribution is -0.172. The predicted octanol–water partition coefficient (Wildman–Crippen LogP) is 2.11. The molecular formula is C21H18FN3O4. The zero-order valence-corrected chi connectivity index (χ0v) is 15.9. The fourth-order valence-corrected chi connectivity index (χ4v) is 4.32. The molecule has 2 aliphatic rings. The lowest BCUT2D eigenvalue weighted by atomic mass is 9.86. The molecule has 148 valence electrons. The van der Waals surface area contributed by atoms with Gasteiger partial charge in [0.1, 0.15) is 12.4 Å². The molecule has 4 heterocycles. The molecule has 2 aliphatic heterocycles. The number of nitrogens with zero attached hydrogens (tertiary/aromatic N) is 2. The number of hydrogen-bond acceptors (Lipinski definition) is 6. The molecule has 0 unspecified atom stereocenters.